The van der Waals surface area contributed by atoms with Crippen molar-refractivity contribution >= 4 is 28.2 Å². The molecule has 2 N–H and O–H groups in total. The monoisotopic (exact) mass is 381 g/mol. The van der Waals surface area contributed by atoms with E-state index in [0.29, 0.717) is 27.9 Å². The van der Waals surface area contributed by atoms with Gasteiger partial charge >= 0.3 is 0 Å². The predicted octanol–water partition coefficient (Wildman–Crippen LogP) is 1.82. The molecule has 4 heterocycles. The van der Waals surface area contributed by atoms with Crippen LogP contribution in [0.5, 0.6) is 0 Å². The second-order valence-electron chi connectivity index (χ2n) is 5.80. The quantitative estimate of drug-likeness (QED) is 0.544. The smallest absolute Gasteiger partial charge is 0.277 e. The van der Waals surface area contributed by atoms with Crippen LogP contribution in [-0.4, -0.2) is 35.5 Å². The molecule has 0 fully saturated rings. The molecular formula is C17H15N7O2S. The summed E-state index contributed by atoms with van der Waals surface area (Å²) in [6, 6.07) is 5.57. The number of thiazole rings is 1. The third-order valence-electron chi connectivity index (χ3n) is 4.01. The first-order valence-corrected chi connectivity index (χ1v) is 9.08. The molecule has 0 radical (unpaired) electrons. The van der Waals surface area contributed by atoms with Crippen LogP contribution in [0.25, 0.3) is 17.2 Å². The molecule has 0 spiro atoms. The summed E-state index contributed by atoms with van der Waals surface area (Å²) in [5, 5.41) is 7.82. The average Bonchev–Trinajstić information content (AvgIpc) is 3.32. The number of carbonyl (C=O) groups is 1. The Balaban J connectivity index is 1.44. The Morgan fingerprint density at radius 2 is 2.15 bits per heavy atom. The fourth-order valence-corrected chi connectivity index (χ4v) is 3.39. The van der Waals surface area contributed by atoms with Gasteiger partial charge < -0.3 is 5.32 Å². The number of aryl methyl sites for hydroxylation is 1. The second-order valence-corrected chi connectivity index (χ2v) is 6.66. The Morgan fingerprint density at radius 1 is 1.26 bits per heavy atom. The van der Waals surface area contributed by atoms with Gasteiger partial charge in [-0.3, -0.25) is 19.7 Å². The Bertz CT molecular complexity index is 1160. The van der Waals surface area contributed by atoms with Crippen LogP contribution in [0.2, 0.25) is 0 Å². The van der Waals surface area contributed by atoms with E-state index in [0.717, 1.165) is 5.69 Å². The van der Waals surface area contributed by atoms with Gasteiger partial charge in [0.15, 0.2) is 5.13 Å². The molecule has 4 aromatic rings. The lowest BCUT2D eigenvalue weighted by molar-refractivity contribution is -0.116. The van der Waals surface area contributed by atoms with Crippen molar-refractivity contribution in [1.82, 2.24) is 29.5 Å². The highest BCUT2D eigenvalue weighted by Crippen LogP contribution is 2.23. The predicted molar refractivity (Wildman–Crippen MR) is 101 cm³/mol. The van der Waals surface area contributed by atoms with Crippen molar-refractivity contribution in [2.75, 3.05) is 5.32 Å². The average molecular weight is 381 g/mol. The van der Waals surface area contributed by atoms with Crippen molar-refractivity contribution in [3.63, 3.8) is 0 Å². The number of carbonyl (C=O) groups excluding carboxylic acids is 1. The number of amides is 1. The maximum atomic E-state index is 12.4. The van der Waals surface area contributed by atoms with Crippen LogP contribution in [0.15, 0.2) is 40.9 Å². The van der Waals surface area contributed by atoms with Crippen LogP contribution in [0, 0.1) is 6.92 Å². The first kappa shape index (κ1) is 17.0. The number of aromatic amines is 1. The van der Waals surface area contributed by atoms with Gasteiger partial charge in [-0.25, -0.2) is 15.0 Å². The first-order chi connectivity index (χ1) is 13.1. The maximum absolute atomic E-state index is 12.4. The van der Waals surface area contributed by atoms with E-state index in [-0.39, 0.29) is 24.3 Å². The number of nitrogens with zero attached hydrogens (tertiary/aromatic N) is 5. The van der Waals surface area contributed by atoms with E-state index < -0.39 is 0 Å². The fourth-order valence-electron chi connectivity index (χ4n) is 2.67. The van der Waals surface area contributed by atoms with Crippen molar-refractivity contribution in [3.05, 3.63) is 57.7 Å². The van der Waals surface area contributed by atoms with Gasteiger partial charge in [0, 0.05) is 23.6 Å². The van der Waals surface area contributed by atoms with Gasteiger partial charge in [0.2, 0.25) is 5.91 Å². The third kappa shape index (κ3) is 3.47. The van der Waals surface area contributed by atoms with Gasteiger partial charge in [0.25, 0.3) is 11.3 Å². The van der Waals surface area contributed by atoms with Crippen LogP contribution in [0.4, 0.5) is 5.13 Å². The number of H-pyrrole nitrogens is 1. The highest BCUT2D eigenvalue weighted by atomic mass is 32.1. The van der Waals surface area contributed by atoms with Crippen molar-refractivity contribution in [2.45, 2.75) is 19.8 Å². The lowest BCUT2D eigenvalue weighted by atomic mass is 10.1. The standard InChI is InChI=1S/C17H15N7O2S/c1-10-11(15(26)24-16(21-10)19-9-20-24)5-6-14(25)23-17-22-13(8-27-17)12-4-2-3-7-18-12/h2-4,7-9H,5-6H2,1H3,(H,19,20,21)(H,22,23,25). The molecule has 4 rings (SSSR count). The van der Waals surface area contributed by atoms with Crippen molar-refractivity contribution < 1.29 is 4.79 Å². The second kappa shape index (κ2) is 7.08. The van der Waals surface area contributed by atoms with Crippen molar-refractivity contribution in [1.29, 1.82) is 0 Å². The Labute approximate surface area is 157 Å². The molecule has 9 nitrogen and oxygen atoms in total. The summed E-state index contributed by atoms with van der Waals surface area (Å²) in [7, 11) is 0. The minimum Gasteiger partial charge on any atom is -0.302 e. The summed E-state index contributed by atoms with van der Waals surface area (Å²) >= 11 is 1.33. The number of fused-ring (bicyclic) bond motifs is 1. The molecule has 0 saturated heterocycles. The van der Waals surface area contributed by atoms with Crippen LogP contribution >= 0.6 is 11.3 Å². The van der Waals surface area contributed by atoms with Gasteiger partial charge in [-0.2, -0.15) is 4.52 Å². The Hall–Kier alpha value is -3.40. The Morgan fingerprint density at radius 3 is 2.96 bits per heavy atom. The van der Waals surface area contributed by atoms with Crippen LogP contribution in [0.3, 0.4) is 0 Å². The SMILES string of the molecule is Cc1nc2nc[nH]n2c(=O)c1CCC(=O)Nc1nc(-c2ccccn2)cs1. The maximum Gasteiger partial charge on any atom is 0.277 e. The fraction of sp³-hybridized carbons (Fsp3) is 0.176. The topological polar surface area (TPSA) is 118 Å². The molecule has 0 aliphatic carbocycles. The molecule has 1 amide bonds. The van der Waals surface area contributed by atoms with Gasteiger partial charge in [-0.1, -0.05) is 6.07 Å². The zero-order valence-corrected chi connectivity index (χ0v) is 15.2. The molecule has 0 aromatic carbocycles. The summed E-state index contributed by atoms with van der Waals surface area (Å²) < 4.78 is 1.26. The molecular weight excluding hydrogens is 366 g/mol. The van der Waals surface area contributed by atoms with Crippen molar-refractivity contribution in [2.24, 2.45) is 0 Å². The number of hydrogen-bond donors (Lipinski definition) is 2. The number of anilines is 1. The highest BCUT2D eigenvalue weighted by molar-refractivity contribution is 7.14. The summed E-state index contributed by atoms with van der Waals surface area (Å²) in [4.78, 5) is 41.5. The summed E-state index contributed by atoms with van der Waals surface area (Å²) in [5.74, 6) is 0.0981. The highest BCUT2D eigenvalue weighted by Gasteiger charge is 2.14. The van der Waals surface area contributed by atoms with E-state index in [4.69, 9.17) is 0 Å². The molecule has 27 heavy (non-hydrogen) atoms. The van der Waals surface area contributed by atoms with Gasteiger partial charge in [-0.05, 0) is 25.5 Å². The van der Waals surface area contributed by atoms with E-state index in [1.165, 1.54) is 22.2 Å². The van der Waals surface area contributed by atoms with E-state index in [2.05, 4.69) is 30.4 Å². The van der Waals surface area contributed by atoms with E-state index in [1.54, 1.807) is 13.1 Å². The lowest BCUT2D eigenvalue weighted by Crippen LogP contribution is -2.23. The summed E-state index contributed by atoms with van der Waals surface area (Å²) in [5.41, 5.74) is 2.28. The third-order valence-corrected chi connectivity index (χ3v) is 4.77. The lowest BCUT2D eigenvalue weighted by Gasteiger charge is -2.05. The van der Waals surface area contributed by atoms with E-state index >= 15 is 0 Å². The number of aromatic nitrogens is 6. The first-order valence-electron chi connectivity index (χ1n) is 8.20. The molecule has 0 saturated carbocycles. The number of rotatable bonds is 5. The molecule has 10 heteroatoms. The molecule has 0 aliphatic rings. The van der Waals surface area contributed by atoms with Gasteiger partial charge in [-0.15, -0.1) is 11.3 Å². The van der Waals surface area contributed by atoms with Gasteiger partial charge in [0.1, 0.15) is 12.0 Å². The molecule has 4 aromatic heterocycles. The van der Waals surface area contributed by atoms with Crippen molar-refractivity contribution in [3.8, 4) is 11.4 Å². The minimum absolute atomic E-state index is 0.149. The number of hydrogen-bond acceptors (Lipinski definition) is 7. The van der Waals surface area contributed by atoms with Crippen LogP contribution in [-0.2, 0) is 11.2 Å². The molecule has 0 aliphatic heterocycles. The van der Waals surface area contributed by atoms with E-state index in [9.17, 15) is 9.59 Å². The minimum atomic E-state index is -0.241. The number of nitrogens with one attached hydrogen (secondary N) is 2. The molecule has 0 atom stereocenters. The molecule has 136 valence electrons. The zero-order valence-electron chi connectivity index (χ0n) is 14.3. The largest absolute Gasteiger partial charge is 0.302 e. The Kier molecular flexibility index (Phi) is 4.47. The van der Waals surface area contributed by atoms with Crippen LogP contribution in [0.1, 0.15) is 17.7 Å². The summed E-state index contributed by atoms with van der Waals surface area (Å²) in [6.07, 6.45) is 3.53. The van der Waals surface area contributed by atoms with Gasteiger partial charge in [0.05, 0.1) is 11.4 Å². The number of pyridine rings is 1. The molecule has 0 unspecified atom stereocenters. The normalized spacial score (nSPS) is 11.0. The van der Waals surface area contributed by atoms with E-state index in [1.807, 2.05) is 23.6 Å². The zero-order chi connectivity index (χ0) is 18.8. The summed E-state index contributed by atoms with van der Waals surface area (Å²) in [6.45, 7) is 1.74. The van der Waals surface area contributed by atoms with Crippen LogP contribution < -0.4 is 10.9 Å². The molecule has 0 bridgehead atoms.